The van der Waals surface area contributed by atoms with Gasteiger partial charge in [-0.15, -0.1) is 8.58 Å². The lowest BCUT2D eigenvalue weighted by Crippen LogP contribution is -2.14. The molecule has 0 bridgehead atoms. The number of hydrogen-bond acceptors (Lipinski definition) is 1. The Labute approximate surface area is 126 Å². The first-order valence-electron chi connectivity index (χ1n) is 8.03. The number of aryl methyl sites for hydroxylation is 1. The highest BCUT2D eigenvalue weighted by Crippen LogP contribution is 2.22. The van der Waals surface area contributed by atoms with Crippen molar-refractivity contribution >= 4 is 14.4 Å². The molecule has 0 aliphatic carbocycles. The van der Waals surface area contributed by atoms with E-state index >= 15 is 0 Å². The summed E-state index contributed by atoms with van der Waals surface area (Å²) in [5.74, 6) is 0.322. The molecule has 1 aromatic carbocycles. The Morgan fingerprint density at radius 3 is 2.25 bits per heavy atom. The van der Waals surface area contributed by atoms with Crippen LogP contribution < -0.4 is 0 Å². The second kappa shape index (κ2) is 10.1. The monoisotopic (exact) mass is 292 g/mol. The average molecular weight is 292 g/mol. The minimum Gasteiger partial charge on any atom is -0.293 e. The van der Waals surface area contributed by atoms with E-state index in [2.05, 4.69) is 32.6 Å². The molecule has 1 rings (SSSR count). The largest absolute Gasteiger partial charge is 0.293 e. The summed E-state index contributed by atoms with van der Waals surface area (Å²) in [6.45, 7) is 6.47. The summed E-state index contributed by atoms with van der Waals surface area (Å²) in [5.41, 5.74) is 2.47. The van der Waals surface area contributed by atoms with Crippen molar-refractivity contribution in [3.63, 3.8) is 0 Å². The van der Waals surface area contributed by atoms with E-state index in [-0.39, 0.29) is 5.66 Å². The van der Waals surface area contributed by atoms with Gasteiger partial charge in [0.15, 0.2) is 5.78 Å². The Bertz CT molecular complexity index is 379. The van der Waals surface area contributed by atoms with Crippen molar-refractivity contribution in [2.75, 3.05) is 6.66 Å². The summed E-state index contributed by atoms with van der Waals surface area (Å²) in [6, 6.07) is 8.32. The Morgan fingerprint density at radius 2 is 1.70 bits per heavy atom. The van der Waals surface area contributed by atoms with Crippen molar-refractivity contribution in [3.05, 3.63) is 35.4 Å². The van der Waals surface area contributed by atoms with Crippen LogP contribution in [0.25, 0.3) is 0 Å². The first kappa shape index (κ1) is 17.4. The molecule has 2 unspecified atom stereocenters. The molecule has 0 spiro atoms. The summed E-state index contributed by atoms with van der Waals surface area (Å²) < 4.78 is 0. The van der Waals surface area contributed by atoms with Gasteiger partial charge in [0.25, 0.3) is 0 Å². The molecular weight excluding hydrogens is 263 g/mol. The fourth-order valence-electron chi connectivity index (χ4n) is 2.49. The van der Waals surface area contributed by atoms with E-state index in [1.54, 1.807) is 0 Å². The molecule has 0 aromatic heterocycles. The normalized spacial score (nSPS) is 12.9. The molecule has 0 fully saturated rings. The van der Waals surface area contributed by atoms with Crippen molar-refractivity contribution in [2.45, 2.75) is 64.5 Å². The van der Waals surface area contributed by atoms with E-state index in [4.69, 9.17) is 0 Å². The molecule has 0 radical (unpaired) electrons. The van der Waals surface area contributed by atoms with Crippen molar-refractivity contribution in [1.29, 1.82) is 0 Å². The second-order valence-corrected chi connectivity index (χ2v) is 6.75. The molecule has 0 N–H and O–H groups in total. The zero-order chi connectivity index (χ0) is 14.8. The fraction of sp³-hybridized carbons (Fsp3) is 0.611. The standard InChI is InChI=1S/C18H29OP/c1-4-6-7-8-9-10-15-11-13-16(14-12-15)18(19)17(5-2)20-3/h11-14,17,20H,4-10H2,1-3H3. The summed E-state index contributed by atoms with van der Waals surface area (Å²) in [6.07, 6.45) is 8.68. The zero-order valence-corrected chi connectivity index (χ0v) is 14.2. The third-order valence-corrected chi connectivity index (χ3v) is 5.25. The number of benzene rings is 1. The molecule has 0 aliphatic rings. The minimum atomic E-state index is 0.217. The molecule has 0 saturated heterocycles. The van der Waals surface area contributed by atoms with E-state index in [1.165, 1.54) is 37.7 Å². The maximum Gasteiger partial charge on any atom is 0.169 e. The Balaban J connectivity index is 2.45. The highest BCUT2D eigenvalue weighted by molar-refractivity contribution is 7.39. The van der Waals surface area contributed by atoms with Gasteiger partial charge in [-0.2, -0.15) is 0 Å². The van der Waals surface area contributed by atoms with Crippen LogP contribution in [0.1, 0.15) is 68.3 Å². The molecule has 112 valence electrons. The van der Waals surface area contributed by atoms with Gasteiger partial charge in [0.05, 0.1) is 0 Å². The fourth-order valence-corrected chi connectivity index (χ4v) is 3.33. The second-order valence-electron chi connectivity index (χ2n) is 5.47. The van der Waals surface area contributed by atoms with E-state index in [0.29, 0.717) is 14.4 Å². The Morgan fingerprint density at radius 1 is 1.05 bits per heavy atom. The van der Waals surface area contributed by atoms with Gasteiger partial charge >= 0.3 is 0 Å². The average Bonchev–Trinajstić information content (AvgIpc) is 2.49. The number of ketones is 1. The number of carbonyl (C=O) groups excluding carboxylic acids is 1. The maximum absolute atomic E-state index is 12.3. The van der Waals surface area contributed by atoms with Crippen LogP contribution in [-0.2, 0) is 6.42 Å². The number of rotatable bonds is 10. The van der Waals surface area contributed by atoms with E-state index in [0.717, 1.165) is 18.4 Å². The summed E-state index contributed by atoms with van der Waals surface area (Å²) in [4.78, 5) is 12.3. The Hall–Kier alpha value is -0.680. The van der Waals surface area contributed by atoms with E-state index in [9.17, 15) is 4.79 Å². The van der Waals surface area contributed by atoms with Gasteiger partial charge in [0, 0.05) is 11.2 Å². The smallest absolute Gasteiger partial charge is 0.169 e. The van der Waals surface area contributed by atoms with Gasteiger partial charge in [0.2, 0.25) is 0 Å². The quantitative estimate of drug-likeness (QED) is 0.317. The molecule has 0 aliphatic heterocycles. The summed E-state index contributed by atoms with van der Waals surface area (Å²) in [5, 5.41) is 0. The molecule has 1 nitrogen and oxygen atoms in total. The highest BCUT2D eigenvalue weighted by Gasteiger charge is 2.15. The van der Waals surface area contributed by atoms with Crippen LogP contribution >= 0.6 is 8.58 Å². The lowest BCUT2D eigenvalue weighted by atomic mass is 10.0. The van der Waals surface area contributed by atoms with E-state index in [1.807, 2.05) is 12.1 Å². The number of carbonyl (C=O) groups is 1. The summed E-state index contributed by atoms with van der Waals surface area (Å²) in [7, 11) is 0.702. The van der Waals surface area contributed by atoms with Crippen molar-refractivity contribution < 1.29 is 4.79 Å². The van der Waals surface area contributed by atoms with Gasteiger partial charge in [0.1, 0.15) is 0 Å². The first-order chi connectivity index (χ1) is 9.72. The molecule has 2 heteroatoms. The van der Waals surface area contributed by atoms with Crippen LogP contribution in [0.4, 0.5) is 0 Å². The highest BCUT2D eigenvalue weighted by atomic mass is 31.1. The SMILES string of the molecule is CCCCCCCc1ccc(C(=O)C(CC)PC)cc1. The lowest BCUT2D eigenvalue weighted by molar-refractivity contribution is 0.0987. The molecule has 20 heavy (non-hydrogen) atoms. The predicted molar refractivity (Wildman–Crippen MR) is 91.6 cm³/mol. The third kappa shape index (κ3) is 5.75. The molecule has 0 amide bonds. The van der Waals surface area contributed by atoms with Gasteiger partial charge in [-0.1, -0.05) is 63.8 Å². The van der Waals surface area contributed by atoms with Crippen LogP contribution in [0.15, 0.2) is 24.3 Å². The van der Waals surface area contributed by atoms with Gasteiger partial charge in [-0.25, -0.2) is 0 Å². The lowest BCUT2D eigenvalue weighted by Gasteiger charge is -2.11. The van der Waals surface area contributed by atoms with Gasteiger partial charge < -0.3 is 0 Å². The molecule has 2 atom stereocenters. The molecule has 0 heterocycles. The van der Waals surface area contributed by atoms with E-state index < -0.39 is 0 Å². The van der Waals surface area contributed by atoms with Crippen LogP contribution in [0, 0.1) is 0 Å². The number of unbranched alkanes of at least 4 members (excludes halogenated alkanes) is 4. The van der Waals surface area contributed by atoms with Crippen LogP contribution in [-0.4, -0.2) is 18.1 Å². The Kier molecular flexibility index (Phi) is 8.78. The molecular formula is C18H29OP. The topological polar surface area (TPSA) is 17.1 Å². The van der Waals surface area contributed by atoms with Gasteiger partial charge in [-0.3, -0.25) is 4.79 Å². The first-order valence-corrected chi connectivity index (χ1v) is 9.61. The van der Waals surface area contributed by atoms with Crippen molar-refractivity contribution in [3.8, 4) is 0 Å². The molecule has 0 saturated carbocycles. The predicted octanol–water partition coefficient (Wildman–Crippen LogP) is 5.47. The van der Waals surface area contributed by atoms with Crippen LogP contribution in [0.3, 0.4) is 0 Å². The maximum atomic E-state index is 12.3. The number of Topliss-reactive ketones (excluding diaryl/α,β-unsaturated/α-hetero) is 1. The number of hydrogen-bond donors (Lipinski definition) is 0. The zero-order valence-electron chi connectivity index (χ0n) is 13.2. The third-order valence-electron chi connectivity index (χ3n) is 3.88. The van der Waals surface area contributed by atoms with Crippen molar-refractivity contribution in [1.82, 2.24) is 0 Å². The van der Waals surface area contributed by atoms with Gasteiger partial charge in [-0.05, 0) is 31.5 Å². The molecule has 1 aromatic rings. The summed E-state index contributed by atoms with van der Waals surface area (Å²) >= 11 is 0. The van der Waals surface area contributed by atoms with Crippen molar-refractivity contribution in [2.24, 2.45) is 0 Å². The minimum absolute atomic E-state index is 0.217. The van der Waals surface area contributed by atoms with Crippen LogP contribution in [0.5, 0.6) is 0 Å². The van der Waals surface area contributed by atoms with Crippen LogP contribution in [0.2, 0.25) is 0 Å².